The number of rotatable bonds is 6. The van der Waals surface area contributed by atoms with Gasteiger partial charge in [0.1, 0.15) is 4.83 Å². The fourth-order valence-electron chi connectivity index (χ4n) is 0.640. The van der Waals surface area contributed by atoms with Crippen LogP contribution in [0.25, 0.3) is 0 Å². The van der Waals surface area contributed by atoms with Crippen LogP contribution in [0.2, 0.25) is 0 Å². The first kappa shape index (κ1) is 13.8. The highest BCUT2D eigenvalue weighted by Crippen LogP contribution is 2.12. The highest BCUT2D eigenvalue weighted by Gasteiger charge is 2.14. The van der Waals surface area contributed by atoms with Gasteiger partial charge in [-0.05, 0) is 0 Å². The molecule has 0 aliphatic carbocycles. The molecule has 0 saturated carbocycles. The van der Waals surface area contributed by atoms with Crippen LogP contribution in [0.4, 0.5) is 0 Å². The molecule has 0 aromatic rings. The molecule has 0 spiro atoms. The van der Waals surface area contributed by atoms with Gasteiger partial charge in [-0.25, -0.2) is 0 Å². The van der Waals surface area contributed by atoms with Crippen LogP contribution >= 0.6 is 27.7 Å². The van der Waals surface area contributed by atoms with Crippen molar-refractivity contribution in [2.45, 2.75) is 11.2 Å². The summed E-state index contributed by atoms with van der Waals surface area (Å²) in [6, 6.07) is 0. The Bertz CT molecular complexity index is 198. The normalized spacial score (nSPS) is 11.9. The number of carbonyl (C=O) groups is 2. The summed E-state index contributed by atoms with van der Waals surface area (Å²) in [5.41, 5.74) is 0. The predicted molar refractivity (Wildman–Crippen MR) is 58.7 cm³/mol. The molecule has 0 fully saturated rings. The molecule has 1 unspecified atom stereocenters. The molecule has 0 aliphatic heterocycles. The van der Waals surface area contributed by atoms with Crippen LogP contribution < -0.4 is 0 Å². The molecule has 6 heteroatoms. The Morgan fingerprint density at radius 2 is 2.00 bits per heavy atom. The van der Waals surface area contributed by atoms with Crippen molar-refractivity contribution in [1.29, 1.82) is 0 Å². The lowest BCUT2D eigenvalue weighted by atomic mass is 10.5. The van der Waals surface area contributed by atoms with Gasteiger partial charge < -0.3 is 9.47 Å². The van der Waals surface area contributed by atoms with Gasteiger partial charge in [0.15, 0.2) is 0 Å². The van der Waals surface area contributed by atoms with Gasteiger partial charge in [-0.15, -0.1) is 0 Å². The number of ether oxygens (including phenoxy) is 2. The van der Waals surface area contributed by atoms with E-state index in [1.54, 1.807) is 0 Å². The van der Waals surface area contributed by atoms with E-state index in [1.807, 2.05) is 0 Å². The summed E-state index contributed by atoms with van der Waals surface area (Å²) in [4.78, 5) is 21.3. The lowest BCUT2D eigenvalue weighted by molar-refractivity contribution is -0.140. The Hall–Kier alpha value is -0.230. The van der Waals surface area contributed by atoms with Crippen molar-refractivity contribution < 1.29 is 19.1 Å². The molecular formula is C8H13BrO4S. The van der Waals surface area contributed by atoms with Crippen LogP contribution in [0.3, 0.4) is 0 Å². The molecule has 0 bridgehead atoms. The van der Waals surface area contributed by atoms with Crippen LogP contribution in [-0.2, 0) is 19.1 Å². The molecule has 1 atom stereocenters. The maximum atomic E-state index is 10.9. The zero-order valence-electron chi connectivity index (χ0n) is 8.12. The number of thioether (sulfide) groups is 1. The number of hydrogen-bond donors (Lipinski definition) is 0. The monoisotopic (exact) mass is 284 g/mol. The first-order valence-electron chi connectivity index (χ1n) is 3.98. The van der Waals surface area contributed by atoms with Crippen LogP contribution in [-0.4, -0.2) is 42.5 Å². The average molecular weight is 285 g/mol. The Balaban J connectivity index is 3.45. The molecule has 0 heterocycles. The number of alkyl halides is 1. The van der Waals surface area contributed by atoms with Gasteiger partial charge in [-0.3, -0.25) is 9.59 Å². The standard InChI is InChI=1S/C8H13BrO4S/c1-12-7(10)3-4-14-5-6(9)8(11)13-2/h6H,3-5H2,1-2H3. The number of methoxy groups -OCH3 is 2. The second-order valence-electron chi connectivity index (χ2n) is 2.39. The van der Waals surface area contributed by atoms with Crippen molar-refractivity contribution >= 4 is 39.6 Å². The Kier molecular flexibility index (Phi) is 7.98. The highest BCUT2D eigenvalue weighted by molar-refractivity contribution is 9.10. The summed E-state index contributed by atoms with van der Waals surface area (Å²) < 4.78 is 8.99. The molecule has 0 rings (SSSR count). The molecule has 0 N–H and O–H groups in total. The predicted octanol–water partition coefficient (Wildman–Crippen LogP) is 1.22. The summed E-state index contributed by atoms with van der Waals surface area (Å²) >= 11 is 4.68. The maximum Gasteiger partial charge on any atom is 0.320 e. The van der Waals surface area contributed by atoms with Crippen molar-refractivity contribution in [2.75, 3.05) is 25.7 Å². The van der Waals surface area contributed by atoms with Gasteiger partial charge in [0, 0.05) is 11.5 Å². The van der Waals surface area contributed by atoms with Crippen molar-refractivity contribution in [3.05, 3.63) is 0 Å². The highest BCUT2D eigenvalue weighted by atomic mass is 79.9. The number of esters is 2. The van der Waals surface area contributed by atoms with Gasteiger partial charge in [0.05, 0.1) is 20.6 Å². The van der Waals surface area contributed by atoms with Crippen molar-refractivity contribution in [1.82, 2.24) is 0 Å². The molecule has 0 aromatic carbocycles. The minimum atomic E-state index is -0.310. The topological polar surface area (TPSA) is 52.6 Å². The zero-order valence-corrected chi connectivity index (χ0v) is 10.5. The molecule has 4 nitrogen and oxygen atoms in total. The van der Waals surface area contributed by atoms with Crippen molar-refractivity contribution in [2.24, 2.45) is 0 Å². The molecule has 14 heavy (non-hydrogen) atoms. The molecule has 0 saturated heterocycles. The van der Waals surface area contributed by atoms with E-state index >= 15 is 0 Å². The molecular weight excluding hydrogens is 272 g/mol. The first-order chi connectivity index (χ1) is 6.61. The Labute approximate surface area is 95.8 Å². The Morgan fingerprint density at radius 3 is 2.50 bits per heavy atom. The molecule has 82 valence electrons. The van der Waals surface area contributed by atoms with Gasteiger partial charge >= 0.3 is 11.9 Å². The summed E-state index contributed by atoms with van der Waals surface area (Å²) in [5, 5.41) is 0. The second kappa shape index (κ2) is 8.11. The quantitative estimate of drug-likeness (QED) is 0.417. The summed E-state index contributed by atoms with van der Waals surface area (Å²) in [5.74, 6) is 0.701. The fourth-order valence-corrected chi connectivity index (χ4v) is 2.21. The Morgan fingerprint density at radius 1 is 1.36 bits per heavy atom. The van der Waals surface area contributed by atoms with E-state index in [2.05, 4.69) is 25.4 Å². The summed E-state index contributed by atoms with van der Waals surface area (Å²) in [6.45, 7) is 0. The van der Waals surface area contributed by atoms with Gasteiger partial charge in [-0.1, -0.05) is 15.9 Å². The number of halogens is 1. The van der Waals surface area contributed by atoms with Crippen molar-refractivity contribution in [3.63, 3.8) is 0 Å². The fraction of sp³-hybridized carbons (Fsp3) is 0.750. The van der Waals surface area contributed by atoms with Crippen LogP contribution in [0, 0.1) is 0 Å². The van der Waals surface area contributed by atoms with Gasteiger partial charge in [0.25, 0.3) is 0 Å². The molecule has 0 aliphatic rings. The SMILES string of the molecule is COC(=O)CCSCC(Br)C(=O)OC. The van der Waals surface area contributed by atoms with E-state index in [1.165, 1.54) is 26.0 Å². The minimum absolute atomic E-state index is 0.235. The minimum Gasteiger partial charge on any atom is -0.469 e. The third-order valence-electron chi connectivity index (χ3n) is 1.40. The second-order valence-corrected chi connectivity index (χ2v) is 4.65. The van der Waals surface area contributed by atoms with Crippen LogP contribution in [0.15, 0.2) is 0 Å². The van der Waals surface area contributed by atoms with Gasteiger partial charge in [0.2, 0.25) is 0 Å². The lowest BCUT2D eigenvalue weighted by Gasteiger charge is -2.06. The molecule has 0 aromatic heterocycles. The summed E-state index contributed by atoms with van der Waals surface area (Å²) in [7, 11) is 2.70. The lowest BCUT2D eigenvalue weighted by Crippen LogP contribution is -2.18. The maximum absolute atomic E-state index is 10.9. The van der Waals surface area contributed by atoms with E-state index in [0.717, 1.165) is 0 Å². The largest absolute Gasteiger partial charge is 0.469 e. The molecule has 0 radical (unpaired) electrons. The summed E-state index contributed by atoms with van der Waals surface area (Å²) in [6.07, 6.45) is 0.363. The first-order valence-corrected chi connectivity index (χ1v) is 6.05. The zero-order chi connectivity index (χ0) is 11.0. The van der Waals surface area contributed by atoms with E-state index < -0.39 is 0 Å². The van der Waals surface area contributed by atoms with Crippen LogP contribution in [0.5, 0.6) is 0 Å². The van der Waals surface area contributed by atoms with E-state index in [0.29, 0.717) is 17.9 Å². The van der Waals surface area contributed by atoms with Crippen LogP contribution in [0.1, 0.15) is 6.42 Å². The number of carbonyl (C=O) groups excluding carboxylic acids is 2. The molecule has 0 amide bonds. The number of hydrogen-bond acceptors (Lipinski definition) is 5. The van der Waals surface area contributed by atoms with E-state index in [4.69, 9.17) is 0 Å². The van der Waals surface area contributed by atoms with E-state index in [-0.39, 0.29) is 16.8 Å². The third kappa shape index (κ3) is 6.26. The van der Waals surface area contributed by atoms with Gasteiger partial charge in [-0.2, -0.15) is 11.8 Å². The van der Waals surface area contributed by atoms with E-state index in [9.17, 15) is 9.59 Å². The third-order valence-corrected chi connectivity index (χ3v) is 3.59. The average Bonchev–Trinajstić information content (AvgIpc) is 2.22. The smallest absolute Gasteiger partial charge is 0.320 e. The van der Waals surface area contributed by atoms with Crippen molar-refractivity contribution in [3.8, 4) is 0 Å².